The van der Waals surface area contributed by atoms with Crippen LogP contribution >= 0.6 is 12.4 Å². The molecule has 1 heterocycles. The second-order valence-corrected chi connectivity index (χ2v) is 7.43. The van der Waals surface area contributed by atoms with E-state index in [-0.39, 0.29) is 30.4 Å². The van der Waals surface area contributed by atoms with E-state index in [0.29, 0.717) is 38.6 Å². The van der Waals surface area contributed by atoms with Crippen molar-refractivity contribution in [2.75, 3.05) is 32.8 Å². The number of likely N-dealkylation sites (tertiary alicyclic amines) is 1. The van der Waals surface area contributed by atoms with Gasteiger partial charge in [-0.05, 0) is 45.1 Å². The third kappa shape index (κ3) is 9.63. The first-order valence-electron chi connectivity index (χ1n) is 10.3. The van der Waals surface area contributed by atoms with Crippen LogP contribution in [0.4, 0.5) is 4.79 Å². The van der Waals surface area contributed by atoms with E-state index in [0.717, 1.165) is 45.2 Å². The summed E-state index contributed by atoms with van der Waals surface area (Å²) >= 11 is 0. The van der Waals surface area contributed by atoms with Gasteiger partial charge in [-0.1, -0.05) is 19.3 Å². The Labute approximate surface area is 169 Å². The summed E-state index contributed by atoms with van der Waals surface area (Å²) in [4.78, 5) is 26.1. The lowest BCUT2D eigenvalue weighted by molar-refractivity contribution is -0.133. The van der Waals surface area contributed by atoms with Gasteiger partial charge in [0.15, 0.2) is 0 Å². The number of amides is 3. The van der Waals surface area contributed by atoms with Gasteiger partial charge in [-0.15, -0.1) is 12.4 Å². The third-order valence-corrected chi connectivity index (χ3v) is 5.29. The summed E-state index contributed by atoms with van der Waals surface area (Å²) in [5.74, 6) is 0.180. The molecule has 0 aromatic rings. The van der Waals surface area contributed by atoms with Gasteiger partial charge in [0.05, 0.1) is 6.10 Å². The number of halogens is 1. The monoisotopic (exact) mass is 404 g/mol. The Hall–Kier alpha value is -1.05. The first kappa shape index (κ1) is 24.0. The van der Waals surface area contributed by atoms with Gasteiger partial charge < -0.3 is 26.0 Å². The highest BCUT2D eigenvalue weighted by Gasteiger charge is 2.22. The maximum Gasteiger partial charge on any atom is 0.315 e. The second-order valence-electron chi connectivity index (χ2n) is 7.43. The molecule has 0 bridgehead atoms. The van der Waals surface area contributed by atoms with Crippen molar-refractivity contribution in [1.29, 1.82) is 0 Å². The van der Waals surface area contributed by atoms with Crippen LogP contribution < -0.4 is 16.4 Å². The SMILES string of the molecule is Cl.NCCCOC1CCN(C(=O)CCCNC(=O)NC2CCCCC2)CC1. The highest BCUT2D eigenvalue weighted by Crippen LogP contribution is 2.17. The molecule has 4 N–H and O–H groups in total. The molecule has 27 heavy (non-hydrogen) atoms. The van der Waals surface area contributed by atoms with Crippen molar-refractivity contribution in [3.63, 3.8) is 0 Å². The van der Waals surface area contributed by atoms with Gasteiger partial charge >= 0.3 is 6.03 Å². The van der Waals surface area contributed by atoms with E-state index < -0.39 is 0 Å². The zero-order chi connectivity index (χ0) is 18.6. The normalized spacial score (nSPS) is 18.6. The van der Waals surface area contributed by atoms with Gasteiger partial charge in [0.2, 0.25) is 5.91 Å². The summed E-state index contributed by atoms with van der Waals surface area (Å²) in [6.07, 6.45) is 9.97. The Kier molecular flexibility index (Phi) is 12.5. The number of hydrogen-bond donors (Lipinski definition) is 3. The summed E-state index contributed by atoms with van der Waals surface area (Å²) in [7, 11) is 0. The van der Waals surface area contributed by atoms with Crippen LogP contribution in [-0.2, 0) is 9.53 Å². The van der Waals surface area contributed by atoms with Crippen molar-refractivity contribution in [2.24, 2.45) is 5.73 Å². The van der Waals surface area contributed by atoms with Crippen LogP contribution in [0, 0.1) is 0 Å². The lowest BCUT2D eigenvalue weighted by atomic mass is 9.96. The van der Waals surface area contributed by atoms with Crippen molar-refractivity contribution >= 4 is 24.3 Å². The molecule has 0 radical (unpaired) electrons. The molecule has 0 aromatic heterocycles. The molecular formula is C19H37ClN4O3. The van der Waals surface area contributed by atoms with E-state index in [2.05, 4.69) is 10.6 Å². The van der Waals surface area contributed by atoms with Crippen LogP contribution in [0.5, 0.6) is 0 Å². The zero-order valence-corrected chi connectivity index (χ0v) is 17.2. The fraction of sp³-hybridized carbons (Fsp3) is 0.895. The molecule has 0 atom stereocenters. The summed E-state index contributed by atoms with van der Waals surface area (Å²) in [5, 5.41) is 5.90. The maximum absolute atomic E-state index is 12.3. The van der Waals surface area contributed by atoms with Gasteiger partial charge in [0.1, 0.15) is 0 Å². The summed E-state index contributed by atoms with van der Waals surface area (Å²) in [6.45, 7) is 3.44. The van der Waals surface area contributed by atoms with Gasteiger partial charge in [-0.25, -0.2) is 4.79 Å². The lowest BCUT2D eigenvalue weighted by Crippen LogP contribution is -2.43. The molecule has 0 spiro atoms. The van der Waals surface area contributed by atoms with Crippen molar-refractivity contribution in [1.82, 2.24) is 15.5 Å². The number of ether oxygens (including phenoxy) is 1. The summed E-state index contributed by atoms with van der Waals surface area (Å²) < 4.78 is 5.77. The number of nitrogens with two attached hydrogens (primary N) is 1. The molecule has 1 aliphatic carbocycles. The van der Waals surface area contributed by atoms with Crippen LogP contribution in [0.1, 0.15) is 64.2 Å². The average molecular weight is 405 g/mol. The van der Waals surface area contributed by atoms with Gasteiger partial charge in [-0.3, -0.25) is 4.79 Å². The number of urea groups is 1. The van der Waals surface area contributed by atoms with E-state index >= 15 is 0 Å². The largest absolute Gasteiger partial charge is 0.378 e. The fourth-order valence-corrected chi connectivity index (χ4v) is 3.69. The molecule has 0 aromatic carbocycles. The van der Waals surface area contributed by atoms with Crippen LogP contribution in [0.15, 0.2) is 0 Å². The maximum atomic E-state index is 12.3. The number of nitrogens with zero attached hydrogens (tertiary/aromatic N) is 1. The molecule has 1 aliphatic heterocycles. The van der Waals surface area contributed by atoms with Gasteiger partial charge in [-0.2, -0.15) is 0 Å². The van der Waals surface area contributed by atoms with Crippen LogP contribution in [0.25, 0.3) is 0 Å². The molecule has 2 rings (SSSR count). The molecule has 2 fully saturated rings. The van der Waals surface area contributed by atoms with Crippen molar-refractivity contribution in [3.8, 4) is 0 Å². The molecule has 2 aliphatic rings. The summed E-state index contributed by atoms with van der Waals surface area (Å²) in [5.41, 5.74) is 5.47. The van der Waals surface area contributed by atoms with E-state index in [1.165, 1.54) is 19.3 Å². The molecule has 1 saturated carbocycles. The Morgan fingerprint density at radius 1 is 1.04 bits per heavy atom. The van der Waals surface area contributed by atoms with E-state index in [1.54, 1.807) is 0 Å². The standard InChI is InChI=1S/C19H36N4O3.ClH/c20-11-5-15-26-17-9-13-23(14-10-17)18(24)8-4-12-21-19(25)22-16-6-2-1-3-7-16;/h16-17H,1-15,20H2,(H2,21,22,25);1H. The predicted molar refractivity (Wildman–Crippen MR) is 109 cm³/mol. The minimum absolute atomic E-state index is 0. The predicted octanol–water partition coefficient (Wildman–Crippen LogP) is 2.18. The number of carbonyl (C=O) groups excluding carboxylic acids is 2. The van der Waals surface area contributed by atoms with E-state index in [9.17, 15) is 9.59 Å². The summed E-state index contributed by atoms with van der Waals surface area (Å²) in [6, 6.07) is 0.221. The highest BCUT2D eigenvalue weighted by atomic mass is 35.5. The molecule has 0 unspecified atom stereocenters. The van der Waals surface area contributed by atoms with Crippen LogP contribution in [0.3, 0.4) is 0 Å². The number of carbonyl (C=O) groups is 2. The highest BCUT2D eigenvalue weighted by molar-refractivity contribution is 5.85. The molecule has 1 saturated heterocycles. The number of rotatable bonds is 9. The topological polar surface area (TPSA) is 96.7 Å². The van der Waals surface area contributed by atoms with E-state index in [4.69, 9.17) is 10.5 Å². The van der Waals surface area contributed by atoms with Gasteiger partial charge in [0, 0.05) is 38.7 Å². The van der Waals surface area contributed by atoms with Crippen LogP contribution in [0.2, 0.25) is 0 Å². The second kappa shape index (κ2) is 14.0. The molecule has 8 heteroatoms. The Morgan fingerprint density at radius 3 is 2.41 bits per heavy atom. The first-order valence-corrected chi connectivity index (χ1v) is 10.3. The molecular weight excluding hydrogens is 368 g/mol. The van der Waals surface area contributed by atoms with Crippen molar-refractivity contribution in [2.45, 2.75) is 76.4 Å². The van der Waals surface area contributed by atoms with Gasteiger partial charge in [0.25, 0.3) is 0 Å². The van der Waals surface area contributed by atoms with E-state index in [1.807, 2.05) is 4.90 Å². The van der Waals surface area contributed by atoms with Crippen molar-refractivity contribution < 1.29 is 14.3 Å². The first-order chi connectivity index (χ1) is 12.7. The third-order valence-electron chi connectivity index (χ3n) is 5.29. The Morgan fingerprint density at radius 2 is 1.74 bits per heavy atom. The minimum Gasteiger partial charge on any atom is -0.378 e. The number of nitrogens with one attached hydrogen (secondary N) is 2. The Balaban J connectivity index is 0.00000364. The Bertz CT molecular complexity index is 425. The number of hydrogen-bond acceptors (Lipinski definition) is 4. The minimum atomic E-state index is -0.0974. The van der Waals surface area contributed by atoms with Crippen molar-refractivity contribution in [3.05, 3.63) is 0 Å². The average Bonchev–Trinajstić information content (AvgIpc) is 2.66. The molecule has 3 amide bonds. The quantitative estimate of drug-likeness (QED) is 0.513. The molecule has 7 nitrogen and oxygen atoms in total. The van der Waals surface area contributed by atoms with Crippen LogP contribution in [-0.4, -0.2) is 61.8 Å². The smallest absolute Gasteiger partial charge is 0.315 e. The molecule has 158 valence electrons. The fourth-order valence-electron chi connectivity index (χ4n) is 3.69. The zero-order valence-electron chi connectivity index (χ0n) is 16.4. The lowest BCUT2D eigenvalue weighted by Gasteiger charge is -2.32. The number of piperidine rings is 1.